The van der Waals surface area contributed by atoms with Gasteiger partial charge in [0.1, 0.15) is 17.4 Å². The van der Waals surface area contributed by atoms with Crippen LogP contribution in [0, 0.1) is 5.92 Å². The Bertz CT molecular complexity index is 1350. The number of fused-ring (bicyclic) bond motifs is 2. The van der Waals surface area contributed by atoms with Gasteiger partial charge in [0.05, 0.1) is 20.8 Å². The molecule has 1 amide bonds. The molecular weight excluding hydrogens is 460 g/mol. The molecule has 1 N–H and O–H groups in total. The van der Waals surface area contributed by atoms with E-state index in [-0.39, 0.29) is 5.78 Å². The van der Waals surface area contributed by atoms with E-state index in [1.807, 2.05) is 13.0 Å². The Hall–Kier alpha value is -4.33. The van der Waals surface area contributed by atoms with Gasteiger partial charge in [-0.2, -0.15) is 0 Å². The fourth-order valence-corrected chi connectivity index (χ4v) is 4.68. The van der Waals surface area contributed by atoms with E-state index in [9.17, 15) is 9.59 Å². The summed E-state index contributed by atoms with van der Waals surface area (Å²) in [4.78, 5) is 33.5. The van der Waals surface area contributed by atoms with Crippen LogP contribution in [0.5, 0.6) is 17.2 Å². The number of rotatable bonds is 8. The summed E-state index contributed by atoms with van der Waals surface area (Å²) in [6.07, 6.45) is 0.877. The van der Waals surface area contributed by atoms with Crippen LogP contribution in [0.1, 0.15) is 34.8 Å². The average Bonchev–Trinajstić information content (AvgIpc) is 3.45. The fourth-order valence-electron chi connectivity index (χ4n) is 4.68. The second-order valence-corrected chi connectivity index (χ2v) is 8.54. The number of para-hydroxylation sites is 1. The minimum Gasteiger partial charge on any atom is -0.494 e. The van der Waals surface area contributed by atoms with Crippen LogP contribution in [0.3, 0.4) is 0 Å². The summed E-state index contributed by atoms with van der Waals surface area (Å²) in [5.41, 5.74) is 0.858. The molecule has 5 rings (SSSR count). The Balaban J connectivity index is 1.61. The van der Waals surface area contributed by atoms with Gasteiger partial charge >= 0.3 is 0 Å². The van der Waals surface area contributed by atoms with E-state index in [2.05, 4.69) is 10.5 Å². The second kappa shape index (κ2) is 9.37. The number of ether oxygens (including phenoxy) is 3. The second-order valence-electron chi connectivity index (χ2n) is 8.54. The van der Waals surface area contributed by atoms with Crippen LogP contribution >= 0.6 is 0 Å². The summed E-state index contributed by atoms with van der Waals surface area (Å²) in [5, 5.41) is 7.18. The van der Waals surface area contributed by atoms with Gasteiger partial charge in [-0.15, -0.1) is 0 Å². The van der Waals surface area contributed by atoms with Gasteiger partial charge in [0.2, 0.25) is 0 Å². The summed E-state index contributed by atoms with van der Waals surface area (Å²) in [5.74, 6) is -0.104. The molecule has 2 aliphatic rings. The standard InChI is InChI=1S/C28H26N2O6/c1-4-15-35-19-12-9-17(10-13-19)26(31)24-25(18-11-14-22(33-2)23(16-18)34-3)30-36-28(24)20-7-5-6-8-21(20)29-27(28)32/h5-14,16,24H,4,15H2,1-3H3,(H,29,32)/t24-,28+/m1/s1. The Morgan fingerprint density at radius 2 is 1.78 bits per heavy atom. The molecule has 0 aliphatic carbocycles. The van der Waals surface area contributed by atoms with Crippen molar-refractivity contribution < 1.29 is 28.6 Å². The highest BCUT2D eigenvalue weighted by Gasteiger charge is 2.63. The number of Topliss-reactive ketones (excluding diaryl/α,β-unsaturated/α-hetero) is 1. The third kappa shape index (κ3) is 3.66. The van der Waals surface area contributed by atoms with Gasteiger partial charge in [0, 0.05) is 22.4 Å². The molecule has 1 spiro atoms. The van der Waals surface area contributed by atoms with Gasteiger partial charge in [-0.3, -0.25) is 9.59 Å². The zero-order chi connectivity index (χ0) is 25.3. The number of oxime groups is 1. The number of nitrogens with one attached hydrogen (secondary N) is 1. The highest BCUT2D eigenvalue weighted by molar-refractivity contribution is 6.24. The Morgan fingerprint density at radius 1 is 1.03 bits per heavy atom. The maximum absolute atomic E-state index is 14.1. The van der Waals surface area contributed by atoms with E-state index in [1.54, 1.807) is 67.8 Å². The first-order valence-corrected chi connectivity index (χ1v) is 11.7. The van der Waals surface area contributed by atoms with Gasteiger partial charge < -0.3 is 24.4 Å². The molecule has 0 fully saturated rings. The normalized spacial score (nSPS) is 19.8. The number of ketones is 1. The van der Waals surface area contributed by atoms with Crippen molar-refractivity contribution in [3.05, 3.63) is 83.4 Å². The van der Waals surface area contributed by atoms with E-state index < -0.39 is 17.4 Å². The molecule has 3 aromatic carbocycles. The van der Waals surface area contributed by atoms with E-state index in [0.717, 1.165) is 6.42 Å². The molecule has 2 aliphatic heterocycles. The van der Waals surface area contributed by atoms with E-state index in [4.69, 9.17) is 19.0 Å². The topological polar surface area (TPSA) is 95.5 Å². The number of methoxy groups -OCH3 is 2. The lowest BCUT2D eigenvalue weighted by atomic mass is 9.74. The first-order valence-electron chi connectivity index (χ1n) is 11.7. The zero-order valence-electron chi connectivity index (χ0n) is 20.2. The first-order chi connectivity index (χ1) is 17.5. The van der Waals surface area contributed by atoms with Gasteiger partial charge in [-0.1, -0.05) is 30.3 Å². The number of hydrogen-bond acceptors (Lipinski definition) is 7. The van der Waals surface area contributed by atoms with Crippen LogP contribution in [0.2, 0.25) is 0 Å². The van der Waals surface area contributed by atoms with Crippen molar-refractivity contribution in [1.82, 2.24) is 0 Å². The molecule has 0 bridgehead atoms. The van der Waals surface area contributed by atoms with Crippen LogP contribution in [0.15, 0.2) is 71.9 Å². The number of anilines is 1. The molecule has 36 heavy (non-hydrogen) atoms. The molecule has 0 saturated heterocycles. The summed E-state index contributed by atoms with van der Waals surface area (Å²) < 4.78 is 16.5. The van der Waals surface area contributed by atoms with Crippen LogP contribution in [-0.4, -0.2) is 38.2 Å². The van der Waals surface area contributed by atoms with Crippen molar-refractivity contribution in [3.8, 4) is 17.2 Å². The minimum atomic E-state index is -1.63. The Morgan fingerprint density at radius 3 is 2.50 bits per heavy atom. The maximum atomic E-state index is 14.1. The number of nitrogens with zero attached hydrogens (tertiary/aromatic N) is 1. The molecule has 0 unspecified atom stereocenters. The SMILES string of the molecule is CCCOc1ccc(C(=O)[C@H]2C(c3ccc(OC)c(OC)c3)=NO[C@]23C(=O)Nc2ccccc23)cc1. The maximum Gasteiger partial charge on any atom is 0.277 e. The molecule has 8 nitrogen and oxygen atoms in total. The van der Waals surface area contributed by atoms with Gasteiger partial charge in [-0.05, 0) is 55.0 Å². The van der Waals surface area contributed by atoms with E-state index in [1.165, 1.54) is 7.11 Å². The Kier molecular flexibility index (Phi) is 6.10. The highest BCUT2D eigenvalue weighted by Crippen LogP contribution is 2.50. The van der Waals surface area contributed by atoms with Crippen molar-refractivity contribution >= 4 is 23.1 Å². The molecule has 8 heteroatoms. The highest BCUT2D eigenvalue weighted by atomic mass is 16.7. The van der Waals surface area contributed by atoms with Gasteiger partial charge in [-0.25, -0.2) is 0 Å². The molecule has 0 saturated carbocycles. The van der Waals surface area contributed by atoms with Crippen molar-refractivity contribution in [1.29, 1.82) is 0 Å². The molecule has 0 aromatic heterocycles. The lowest BCUT2D eigenvalue weighted by Gasteiger charge is -2.26. The van der Waals surface area contributed by atoms with Crippen LogP contribution < -0.4 is 19.5 Å². The van der Waals surface area contributed by atoms with Crippen molar-refractivity contribution in [2.45, 2.75) is 18.9 Å². The first kappa shape index (κ1) is 23.4. The molecule has 2 atom stereocenters. The zero-order valence-corrected chi connectivity index (χ0v) is 20.2. The number of amides is 1. The van der Waals surface area contributed by atoms with Crippen molar-refractivity contribution in [3.63, 3.8) is 0 Å². The smallest absolute Gasteiger partial charge is 0.277 e. The number of carbonyl (C=O) groups is 2. The summed E-state index contributed by atoms with van der Waals surface area (Å²) in [6, 6.07) is 19.3. The summed E-state index contributed by atoms with van der Waals surface area (Å²) in [7, 11) is 3.07. The average molecular weight is 487 g/mol. The van der Waals surface area contributed by atoms with Gasteiger partial charge in [0.25, 0.3) is 11.5 Å². The molecule has 0 radical (unpaired) electrons. The van der Waals surface area contributed by atoms with Crippen molar-refractivity contribution in [2.75, 3.05) is 26.1 Å². The number of hydrogen-bond donors (Lipinski definition) is 1. The fraction of sp³-hybridized carbons (Fsp3) is 0.250. The lowest BCUT2D eigenvalue weighted by molar-refractivity contribution is -0.140. The molecule has 3 aromatic rings. The third-order valence-electron chi connectivity index (χ3n) is 6.43. The number of benzene rings is 3. The third-order valence-corrected chi connectivity index (χ3v) is 6.43. The monoisotopic (exact) mass is 486 g/mol. The predicted octanol–water partition coefficient (Wildman–Crippen LogP) is 4.57. The Labute approximate surface area is 208 Å². The predicted molar refractivity (Wildman–Crippen MR) is 134 cm³/mol. The van der Waals surface area contributed by atoms with Crippen LogP contribution in [0.25, 0.3) is 0 Å². The summed E-state index contributed by atoms with van der Waals surface area (Å²) >= 11 is 0. The molecule has 184 valence electrons. The number of carbonyl (C=O) groups excluding carboxylic acids is 2. The lowest BCUT2D eigenvalue weighted by Crippen LogP contribution is -2.46. The van der Waals surface area contributed by atoms with E-state index >= 15 is 0 Å². The van der Waals surface area contributed by atoms with Crippen LogP contribution in [0.4, 0.5) is 5.69 Å². The molecule has 2 heterocycles. The largest absolute Gasteiger partial charge is 0.494 e. The summed E-state index contributed by atoms with van der Waals surface area (Å²) in [6.45, 7) is 2.61. The molecular formula is C28H26N2O6. The quantitative estimate of drug-likeness (QED) is 0.469. The van der Waals surface area contributed by atoms with Gasteiger partial charge in [0.15, 0.2) is 17.3 Å². The van der Waals surface area contributed by atoms with Crippen LogP contribution in [-0.2, 0) is 15.2 Å². The van der Waals surface area contributed by atoms with Crippen molar-refractivity contribution in [2.24, 2.45) is 11.1 Å². The minimum absolute atomic E-state index is 0.296. The van der Waals surface area contributed by atoms with E-state index in [0.29, 0.717) is 51.9 Å².